The Morgan fingerprint density at radius 1 is 1.39 bits per heavy atom. The van der Waals surface area contributed by atoms with E-state index >= 15 is 0 Å². The van der Waals surface area contributed by atoms with Crippen LogP contribution in [0.2, 0.25) is 0 Å². The second-order valence-corrected chi connectivity index (χ2v) is 5.38. The van der Waals surface area contributed by atoms with Crippen molar-refractivity contribution < 1.29 is 4.79 Å². The van der Waals surface area contributed by atoms with Gasteiger partial charge in [0.25, 0.3) is 0 Å². The molecule has 1 saturated heterocycles. The van der Waals surface area contributed by atoms with E-state index in [1.54, 1.807) is 0 Å². The second-order valence-electron chi connectivity index (χ2n) is 4.47. The second kappa shape index (κ2) is 7.77. The molecule has 1 atom stereocenters. The van der Waals surface area contributed by atoms with Crippen LogP contribution in [0.3, 0.4) is 0 Å². The molecule has 0 radical (unpaired) electrons. The van der Waals surface area contributed by atoms with Crippen molar-refractivity contribution in [1.82, 2.24) is 10.6 Å². The van der Waals surface area contributed by atoms with Crippen molar-refractivity contribution in [2.45, 2.75) is 19.4 Å². The van der Waals surface area contributed by atoms with Crippen LogP contribution in [-0.4, -0.2) is 19.0 Å². The number of nitrogens with one attached hydrogen (secondary N) is 2. The van der Waals surface area contributed by atoms with Crippen LogP contribution in [0.4, 0.5) is 0 Å². The highest BCUT2D eigenvalue weighted by Gasteiger charge is 2.17. The van der Waals surface area contributed by atoms with Gasteiger partial charge < -0.3 is 10.6 Å². The highest BCUT2D eigenvalue weighted by Crippen LogP contribution is 2.12. The number of carbonyl (C=O) groups excluding carboxylic acids is 1. The molecular formula is C13H18BrClN2O. The van der Waals surface area contributed by atoms with E-state index in [0.717, 1.165) is 29.5 Å². The monoisotopic (exact) mass is 332 g/mol. The Kier molecular flexibility index (Phi) is 6.68. The molecule has 1 aromatic carbocycles. The van der Waals surface area contributed by atoms with Crippen LogP contribution in [0.5, 0.6) is 0 Å². The molecule has 5 heteroatoms. The van der Waals surface area contributed by atoms with Crippen molar-refractivity contribution in [2.75, 3.05) is 13.1 Å². The van der Waals surface area contributed by atoms with Crippen molar-refractivity contribution in [1.29, 1.82) is 0 Å². The number of amides is 1. The summed E-state index contributed by atoms with van der Waals surface area (Å²) in [5, 5.41) is 6.24. The zero-order chi connectivity index (χ0) is 12.1. The number of hydrogen-bond donors (Lipinski definition) is 2. The summed E-state index contributed by atoms with van der Waals surface area (Å²) in [4.78, 5) is 11.7. The summed E-state index contributed by atoms with van der Waals surface area (Å²) >= 11 is 3.39. The first-order valence-electron chi connectivity index (χ1n) is 5.96. The molecule has 0 saturated carbocycles. The van der Waals surface area contributed by atoms with Crippen molar-refractivity contribution >= 4 is 34.2 Å². The summed E-state index contributed by atoms with van der Waals surface area (Å²) in [7, 11) is 0. The summed E-state index contributed by atoms with van der Waals surface area (Å²) in [5.74, 6) is 0.668. The van der Waals surface area contributed by atoms with E-state index in [1.165, 1.54) is 0 Å². The van der Waals surface area contributed by atoms with Crippen LogP contribution in [-0.2, 0) is 11.3 Å². The van der Waals surface area contributed by atoms with Crippen LogP contribution in [0.1, 0.15) is 18.4 Å². The van der Waals surface area contributed by atoms with Gasteiger partial charge in [-0.2, -0.15) is 0 Å². The summed E-state index contributed by atoms with van der Waals surface area (Å²) in [6.07, 6.45) is 1.76. The first-order chi connectivity index (χ1) is 8.24. The highest BCUT2D eigenvalue weighted by molar-refractivity contribution is 9.10. The number of halogens is 2. The minimum absolute atomic E-state index is 0. The Labute approximate surface area is 122 Å². The van der Waals surface area contributed by atoms with Crippen LogP contribution in [0.25, 0.3) is 0 Å². The van der Waals surface area contributed by atoms with Gasteiger partial charge in [-0.3, -0.25) is 4.79 Å². The van der Waals surface area contributed by atoms with Crippen molar-refractivity contribution in [3.8, 4) is 0 Å². The smallest absolute Gasteiger partial charge is 0.220 e. The van der Waals surface area contributed by atoms with Gasteiger partial charge in [0.1, 0.15) is 0 Å². The largest absolute Gasteiger partial charge is 0.352 e. The molecule has 0 aliphatic carbocycles. The molecule has 1 aliphatic heterocycles. The lowest BCUT2D eigenvalue weighted by molar-refractivity contribution is -0.122. The van der Waals surface area contributed by atoms with Crippen molar-refractivity contribution in [3.05, 3.63) is 34.3 Å². The van der Waals surface area contributed by atoms with Gasteiger partial charge in [-0.05, 0) is 43.1 Å². The van der Waals surface area contributed by atoms with Gasteiger partial charge in [-0.15, -0.1) is 12.4 Å². The number of carbonyl (C=O) groups is 1. The van der Waals surface area contributed by atoms with Crippen molar-refractivity contribution in [2.24, 2.45) is 5.92 Å². The molecule has 3 nitrogen and oxygen atoms in total. The molecule has 1 heterocycles. The van der Waals surface area contributed by atoms with Gasteiger partial charge in [0.15, 0.2) is 0 Å². The molecular weight excluding hydrogens is 316 g/mol. The molecule has 1 fully saturated rings. The summed E-state index contributed by atoms with van der Waals surface area (Å²) in [6.45, 7) is 2.64. The highest BCUT2D eigenvalue weighted by atomic mass is 79.9. The zero-order valence-corrected chi connectivity index (χ0v) is 12.5. The first kappa shape index (κ1) is 15.5. The molecule has 1 amide bonds. The van der Waals surface area contributed by atoms with E-state index in [0.29, 0.717) is 18.9 Å². The van der Waals surface area contributed by atoms with Gasteiger partial charge >= 0.3 is 0 Å². The number of rotatable bonds is 4. The molecule has 1 aromatic rings. The molecule has 2 N–H and O–H groups in total. The maximum Gasteiger partial charge on any atom is 0.220 e. The minimum Gasteiger partial charge on any atom is -0.352 e. The first-order valence-corrected chi connectivity index (χ1v) is 6.75. The Morgan fingerprint density at radius 3 is 2.72 bits per heavy atom. The lowest BCUT2D eigenvalue weighted by Gasteiger charge is -2.09. The van der Waals surface area contributed by atoms with Crippen LogP contribution in [0.15, 0.2) is 28.7 Å². The van der Waals surface area contributed by atoms with E-state index in [-0.39, 0.29) is 18.3 Å². The average Bonchev–Trinajstić information content (AvgIpc) is 2.81. The molecule has 2 rings (SSSR count). The fourth-order valence-corrected chi connectivity index (χ4v) is 2.29. The van der Waals surface area contributed by atoms with E-state index < -0.39 is 0 Å². The Morgan fingerprint density at radius 2 is 2.11 bits per heavy atom. The van der Waals surface area contributed by atoms with E-state index in [2.05, 4.69) is 26.6 Å². The molecule has 100 valence electrons. The van der Waals surface area contributed by atoms with Gasteiger partial charge in [0.2, 0.25) is 5.91 Å². The molecule has 0 aromatic heterocycles. The van der Waals surface area contributed by atoms with Gasteiger partial charge in [-0.25, -0.2) is 0 Å². The third-order valence-corrected chi connectivity index (χ3v) is 3.57. The van der Waals surface area contributed by atoms with Crippen LogP contribution in [0, 0.1) is 5.92 Å². The van der Waals surface area contributed by atoms with Gasteiger partial charge in [0.05, 0.1) is 0 Å². The fourth-order valence-electron chi connectivity index (χ4n) is 2.03. The Hall–Kier alpha value is -0.580. The summed E-state index contributed by atoms with van der Waals surface area (Å²) in [5.41, 5.74) is 1.13. The summed E-state index contributed by atoms with van der Waals surface area (Å²) < 4.78 is 1.06. The Bertz CT molecular complexity index is 377. The molecule has 1 aliphatic rings. The van der Waals surface area contributed by atoms with Crippen LogP contribution < -0.4 is 10.6 Å². The predicted molar refractivity (Wildman–Crippen MR) is 78.8 cm³/mol. The van der Waals surface area contributed by atoms with Gasteiger partial charge in [0, 0.05) is 17.4 Å². The maximum absolute atomic E-state index is 11.7. The average molecular weight is 334 g/mol. The topological polar surface area (TPSA) is 41.1 Å². The van der Waals surface area contributed by atoms with Crippen LogP contribution >= 0.6 is 28.3 Å². The third kappa shape index (κ3) is 4.96. The van der Waals surface area contributed by atoms with Gasteiger partial charge in [-0.1, -0.05) is 28.1 Å². The molecule has 0 bridgehead atoms. The SMILES string of the molecule is Cl.O=C(CC1CCNC1)NCc1ccc(Br)cc1. The predicted octanol–water partition coefficient (Wildman–Crippen LogP) is 2.49. The molecule has 1 unspecified atom stereocenters. The Balaban J connectivity index is 0.00000162. The van der Waals surface area contributed by atoms with E-state index in [4.69, 9.17) is 0 Å². The molecule has 18 heavy (non-hydrogen) atoms. The quantitative estimate of drug-likeness (QED) is 0.889. The summed E-state index contributed by atoms with van der Waals surface area (Å²) in [6, 6.07) is 8.01. The lowest BCUT2D eigenvalue weighted by atomic mass is 10.0. The standard InChI is InChI=1S/C13H17BrN2O.ClH/c14-12-3-1-10(2-4-12)9-16-13(17)7-11-5-6-15-8-11;/h1-4,11,15H,5-9H2,(H,16,17);1H. The fraction of sp³-hybridized carbons (Fsp3) is 0.462. The third-order valence-electron chi connectivity index (χ3n) is 3.04. The normalized spacial score (nSPS) is 18.2. The van der Waals surface area contributed by atoms with E-state index in [9.17, 15) is 4.79 Å². The molecule has 0 spiro atoms. The minimum atomic E-state index is 0. The maximum atomic E-state index is 11.7. The van der Waals surface area contributed by atoms with E-state index in [1.807, 2.05) is 24.3 Å². The zero-order valence-electron chi connectivity index (χ0n) is 10.1. The van der Waals surface area contributed by atoms with Crippen molar-refractivity contribution in [3.63, 3.8) is 0 Å². The number of hydrogen-bond acceptors (Lipinski definition) is 2. The number of benzene rings is 1. The lowest BCUT2D eigenvalue weighted by Crippen LogP contribution is -2.25.